The summed E-state index contributed by atoms with van der Waals surface area (Å²) in [4.78, 5) is 20.1. The van der Waals surface area contributed by atoms with E-state index in [1.165, 1.54) is 0 Å². The van der Waals surface area contributed by atoms with Crippen molar-refractivity contribution in [3.05, 3.63) is 62.7 Å². The highest BCUT2D eigenvalue weighted by Crippen LogP contribution is 2.23. The number of aromatic amines is 1. The summed E-state index contributed by atoms with van der Waals surface area (Å²) in [6.45, 7) is 3.77. The van der Waals surface area contributed by atoms with Gasteiger partial charge >= 0.3 is 0 Å². The SMILES string of the molecule is Cc1ccc(C(=O)NC(C)c2nc3c([nH]2)C=C(Cl)CC=C3)cc1Cl. The Morgan fingerprint density at radius 1 is 1.38 bits per heavy atom. The van der Waals surface area contributed by atoms with Gasteiger partial charge in [0.25, 0.3) is 5.91 Å². The van der Waals surface area contributed by atoms with Crippen LogP contribution in [0.5, 0.6) is 0 Å². The number of imidazole rings is 1. The molecule has 0 fully saturated rings. The smallest absolute Gasteiger partial charge is 0.251 e. The van der Waals surface area contributed by atoms with Crippen molar-refractivity contribution in [2.45, 2.75) is 26.3 Å². The number of rotatable bonds is 3. The number of hydrogen-bond donors (Lipinski definition) is 2. The fraction of sp³-hybridized carbons (Fsp3) is 0.222. The standard InChI is InChI=1S/C18H17Cl2N3O/c1-10-6-7-12(8-14(10)20)18(24)21-11(2)17-22-15-5-3-4-13(19)9-16(15)23-17/h3,5-9,11H,4H2,1-2H3,(H,21,24)(H,22,23). The average Bonchev–Trinajstić information content (AvgIpc) is 2.84. The summed E-state index contributed by atoms with van der Waals surface area (Å²) in [5.74, 6) is 0.485. The molecular formula is C18H17Cl2N3O. The zero-order valence-electron chi connectivity index (χ0n) is 13.4. The minimum Gasteiger partial charge on any atom is -0.342 e. The molecule has 1 heterocycles. The van der Waals surface area contributed by atoms with Crippen molar-refractivity contribution in [2.24, 2.45) is 0 Å². The number of hydrogen-bond acceptors (Lipinski definition) is 2. The monoisotopic (exact) mass is 361 g/mol. The van der Waals surface area contributed by atoms with Gasteiger partial charge in [0.2, 0.25) is 0 Å². The Hall–Kier alpha value is -2.04. The molecule has 2 N–H and O–H groups in total. The molecule has 0 spiro atoms. The topological polar surface area (TPSA) is 57.8 Å². The van der Waals surface area contributed by atoms with Crippen molar-refractivity contribution >= 4 is 41.3 Å². The largest absolute Gasteiger partial charge is 0.342 e. The Morgan fingerprint density at radius 2 is 2.17 bits per heavy atom. The number of carbonyl (C=O) groups excluding carboxylic acids is 1. The number of fused-ring (bicyclic) bond motifs is 1. The van der Waals surface area contributed by atoms with Crippen LogP contribution in [0.2, 0.25) is 5.02 Å². The number of aryl methyl sites for hydroxylation is 1. The van der Waals surface area contributed by atoms with Gasteiger partial charge in [-0.15, -0.1) is 0 Å². The fourth-order valence-electron chi connectivity index (χ4n) is 2.44. The summed E-state index contributed by atoms with van der Waals surface area (Å²) >= 11 is 12.2. The first kappa shape index (κ1) is 16.8. The van der Waals surface area contributed by atoms with Crippen LogP contribution in [-0.4, -0.2) is 15.9 Å². The first-order chi connectivity index (χ1) is 11.4. The zero-order chi connectivity index (χ0) is 17.3. The Morgan fingerprint density at radius 3 is 2.92 bits per heavy atom. The van der Waals surface area contributed by atoms with E-state index in [2.05, 4.69) is 15.3 Å². The quantitative estimate of drug-likeness (QED) is 0.819. The van der Waals surface area contributed by atoms with E-state index in [4.69, 9.17) is 23.2 Å². The molecule has 1 aromatic carbocycles. The lowest BCUT2D eigenvalue weighted by Crippen LogP contribution is -2.27. The first-order valence-corrected chi connectivity index (χ1v) is 8.39. The predicted molar refractivity (Wildman–Crippen MR) is 98.1 cm³/mol. The molecule has 0 saturated carbocycles. The molecule has 6 heteroatoms. The van der Waals surface area contributed by atoms with Gasteiger partial charge in [-0.3, -0.25) is 4.79 Å². The molecule has 0 saturated heterocycles. The van der Waals surface area contributed by atoms with Gasteiger partial charge in [-0.2, -0.15) is 0 Å². The van der Waals surface area contributed by atoms with Crippen molar-refractivity contribution < 1.29 is 4.79 Å². The molecular weight excluding hydrogens is 345 g/mol. The number of nitrogens with zero attached hydrogens (tertiary/aromatic N) is 1. The summed E-state index contributed by atoms with van der Waals surface area (Å²) in [5, 5.41) is 4.24. The van der Waals surface area contributed by atoms with Crippen LogP contribution in [0.1, 0.15) is 52.5 Å². The van der Waals surface area contributed by atoms with E-state index in [1.54, 1.807) is 12.1 Å². The molecule has 2 aromatic rings. The highest BCUT2D eigenvalue weighted by Gasteiger charge is 2.17. The molecule has 1 aromatic heterocycles. The molecule has 1 amide bonds. The number of halogens is 2. The maximum absolute atomic E-state index is 12.4. The number of H-pyrrole nitrogens is 1. The molecule has 1 atom stereocenters. The van der Waals surface area contributed by atoms with Crippen LogP contribution in [0.3, 0.4) is 0 Å². The maximum Gasteiger partial charge on any atom is 0.251 e. The zero-order valence-corrected chi connectivity index (χ0v) is 14.9. The molecule has 124 valence electrons. The van der Waals surface area contributed by atoms with E-state index >= 15 is 0 Å². The molecule has 1 aliphatic rings. The summed E-state index contributed by atoms with van der Waals surface area (Å²) in [5.41, 5.74) is 3.13. The van der Waals surface area contributed by atoms with Gasteiger partial charge in [-0.1, -0.05) is 35.3 Å². The second-order valence-corrected chi connectivity index (χ2v) is 6.67. The Labute approximate surface area is 150 Å². The lowest BCUT2D eigenvalue weighted by Gasteiger charge is -2.12. The summed E-state index contributed by atoms with van der Waals surface area (Å²) in [6, 6.07) is 4.98. The Kier molecular flexibility index (Phi) is 4.78. The van der Waals surface area contributed by atoms with Crippen LogP contribution in [0, 0.1) is 6.92 Å². The molecule has 3 rings (SSSR count). The van der Waals surface area contributed by atoms with Gasteiger partial charge in [0.05, 0.1) is 17.4 Å². The Bertz CT molecular complexity index is 852. The van der Waals surface area contributed by atoms with Crippen molar-refractivity contribution in [2.75, 3.05) is 0 Å². The van der Waals surface area contributed by atoms with Crippen LogP contribution in [0.4, 0.5) is 0 Å². The maximum atomic E-state index is 12.4. The molecule has 1 aliphatic carbocycles. The lowest BCUT2D eigenvalue weighted by atomic mass is 10.1. The number of nitrogens with one attached hydrogen (secondary N) is 2. The van der Waals surface area contributed by atoms with Crippen molar-refractivity contribution in [1.82, 2.24) is 15.3 Å². The molecule has 0 aliphatic heterocycles. The number of allylic oxidation sites excluding steroid dienone is 2. The molecule has 24 heavy (non-hydrogen) atoms. The lowest BCUT2D eigenvalue weighted by molar-refractivity contribution is 0.0938. The van der Waals surface area contributed by atoms with Crippen LogP contribution >= 0.6 is 23.2 Å². The summed E-state index contributed by atoms with van der Waals surface area (Å²) < 4.78 is 0. The van der Waals surface area contributed by atoms with Gasteiger partial charge in [0.1, 0.15) is 5.82 Å². The first-order valence-electron chi connectivity index (χ1n) is 7.63. The van der Waals surface area contributed by atoms with Crippen molar-refractivity contribution in [3.63, 3.8) is 0 Å². The van der Waals surface area contributed by atoms with Gasteiger partial charge in [0, 0.05) is 22.0 Å². The number of aromatic nitrogens is 2. The third-order valence-corrected chi connectivity index (χ3v) is 4.53. The third-order valence-electron chi connectivity index (χ3n) is 3.86. The van der Waals surface area contributed by atoms with Crippen LogP contribution in [0.25, 0.3) is 12.2 Å². The van der Waals surface area contributed by atoms with E-state index in [-0.39, 0.29) is 11.9 Å². The van der Waals surface area contributed by atoms with E-state index in [9.17, 15) is 4.79 Å². The molecule has 1 unspecified atom stereocenters. The highest BCUT2D eigenvalue weighted by molar-refractivity contribution is 6.32. The number of benzene rings is 1. The minimum atomic E-state index is -0.273. The average molecular weight is 362 g/mol. The summed E-state index contributed by atoms with van der Waals surface area (Å²) in [6.07, 6.45) is 6.45. The minimum absolute atomic E-state index is 0.194. The van der Waals surface area contributed by atoms with E-state index < -0.39 is 0 Å². The molecule has 0 radical (unpaired) electrons. The molecule has 0 bridgehead atoms. The normalized spacial score (nSPS) is 14.6. The van der Waals surface area contributed by atoms with Crippen molar-refractivity contribution in [3.8, 4) is 0 Å². The van der Waals surface area contributed by atoms with Gasteiger partial charge in [-0.25, -0.2) is 4.98 Å². The van der Waals surface area contributed by atoms with E-state index in [1.807, 2.05) is 38.1 Å². The predicted octanol–water partition coefficient (Wildman–Crippen LogP) is 4.86. The second kappa shape index (κ2) is 6.83. The van der Waals surface area contributed by atoms with Crippen LogP contribution in [0.15, 0.2) is 29.3 Å². The van der Waals surface area contributed by atoms with Crippen LogP contribution in [-0.2, 0) is 0 Å². The van der Waals surface area contributed by atoms with Crippen molar-refractivity contribution in [1.29, 1.82) is 0 Å². The van der Waals surface area contributed by atoms with Gasteiger partial charge in [0.15, 0.2) is 0 Å². The number of amides is 1. The second-order valence-electron chi connectivity index (χ2n) is 5.78. The molecule has 4 nitrogen and oxygen atoms in total. The van der Waals surface area contributed by atoms with Gasteiger partial charge < -0.3 is 10.3 Å². The highest BCUT2D eigenvalue weighted by atomic mass is 35.5. The van der Waals surface area contributed by atoms with Gasteiger partial charge in [-0.05, 0) is 43.7 Å². The summed E-state index contributed by atoms with van der Waals surface area (Å²) in [7, 11) is 0. The van der Waals surface area contributed by atoms with Crippen LogP contribution < -0.4 is 5.32 Å². The Balaban J connectivity index is 1.78. The third kappa shape index (κ3) is 3.55. The van der Waals surface area contributed by atoms with E-state index in [0.717, 1.165) is 22.0 Å². The van der Waals surface area contributed by atoms with E-state index in [0.29, 0.717) is 22.8 Å². The fourth-order valence-corrected chi connectivity index (χ4v) is 2.82. The number of carbonyl (C=O) groups is 1.